The van der Waals surface area contributed by atoms with Gasteiger partial charge >= 0.3 is 0 Å². The van der Waals surface area contributed by atoms with Gasteiger partial charge in [0.15, 0.2) is 5.78 Å². The number of nitrogens with zero attached hydrogens (tertiary/aromatic N) is 1. The Morgan fingerprint density at radius 2 is 1.79 bits per heavy atom. The molecule has 5 heteroatoms. The van der Waals surface area contributed by atoms with Crippen LogP contribution in [0.5, 0.6) is 5.75 Å². The molecule has 4 nitrogen and oxygen atoms in total. The Kier molecular flexibility index (Phi) is 6.68. The molecule has 0 unspecified atom stereocenters. The van der Waals surface area contributed by atoms with Crippen LogP contribution in [-0.4, -0.2) is 36.8 Å². The maximum Gasteiger partial charge on any atom is 0.246 e. The van der Waals surface area contributed by atoms with Crippen molar-refractivity contribution in [2.75, 3.05) is 20.2 Å². The first-order chi connectivity index (χ1) is 13.5. The van der Waals surface area contributed by atoms with Gasteiger partial charge < -0.3 is 9.64 Å². The van der Waals surface area contributed by atoms with E-state index in [0.29, 0.717) is 31.5 Å². The van der Waals surface area contributed by atoms with E-state index >= 15 is 0 Å². The van der Waals surface area contributed by atoms with Crippen LogP contribution in [-0.2, 0) is 4.79 Å². The van der Waals surface area contributed by atoms with Crippen LogP contribution in [0.1, 0.15) is 34.3 Å². The summed E-state index contributed by atoms with van der Waals surface area (Å²) in [5, 5.41) is 0. The van der Waals surface area contributed by atoms with Crippen molar-refractivity contribution in [1.29, 1.82) is 0 Å². The summed E-state index contributed by atoms with van der Waals surface area (Å²) in [6.45, 7) is 3.23. The smallest absolute Gasteiger partial charge is 0.246 e. The van der Waals surface area contributed by atoms with Crippen molar-refractivity contribution in [3.63, 3.8) is 0 Å². The van der Waals surface area contributed by atoms with Crippen molar-refractivity contribution in [3.05, 3.63) is 69.7 Å². The Balaban J connectivity index is 1.56. The van der Waals surface area contributed by atoms with Gasteiger partial charge in [0.25, 0.3) is 0 Å². The molecule has 1 saturated heterocycles. The Morgan fingerprint density at radius 1 is 1.11 bits per heavy atom. The molecule has 0 bridgehead atoms. The molecule has 0 N–H and O–H groups in total. The Labute approximate surface area is 174 Å². The minimum atomic E-state index is -0.0346. The monoisotopic (exact) mass is 441 g/mol. The summed E-state index contributed by atoms with van der Waals surface area (Å²) in [7, 11) is 1.61. The number of halogens is 1. The highest BCUT2D eigenvalue weighted by molar-refractivity contribution is 9.10. The van der Waals surface area contributed by atoms with Gasteiger partial charge in [0, 0.05) is 35.1 Å². The van der Waals surface area contributed by atoms with Gasteiger partial charge in [-0.2, -0.15) is 0 Å². The minimum absolute atomic E-state index is 0.0113. The first-order valence-electron chi connectivity index (χ1n) is 9.39. The first kappa shape index (κ1) is 20.3. The molecule has 1 aliphatic heterocycles. The van der Waals surface area contributed by atoms with Gasteiger partial charge in [0.05, 0.1) is 7.11 Å². The van der Waals surface area contributed by atoms with Crippen LogP contribution >= 0.6 is 15.9 Å². The third-order valence-electron chi connectivity index (χ3n) is 5.11. The lowest BCUT2D eigenvalue weighted by molar-refractivity contribution is -0.127. The van der Waals surface area contributed by atoms with Crippen LogP contribution in [0.2, 0.25) is 0 Å². The number of amides is 1. The van der Waals surface area contributed by atoms with Crippen LogP contribution in [0.25, 0.3) is 6.08 Å². The maximum absolute atomic E-state index is 12.7. The number of Topliss-reactive ketones (excluding diaryl/α,β-unsaturated/α-hetero) is 1. The van der Waals surface area contributed by atoms with Crippen molar-refractivity contribution in [1.82, 2.24) is 4.90 Å². The Hall–Kier alpha value is -2.40. The number of carbonyl (C=O) groups is 2. The highest BCUT2D eigenvalue weighted by Gasteiger charge is 2.27. The zero-order valence-corrected chi connectivity index (χ0v) is 17.7. The van der Waals surface area contributed by atoms with Crippen molar-refractivity contribution in [3.8, 4) is 5.75 Å². The largest absolute Gasteiger partial charge is 0.497 e. The fourth-order valence-corrected chi connectivity index (χ4v) is 4.01. The summed E-state index contributed by atoms with van der Waals surface area (Å²) in [4.78, 5) is 27.0. The lowest BCUT2D eigenvalue weighted by Gasteiger charge is -2.30. The number of likely N-dealkylation sites (tertiary alicyclic amines) is 1. The summed E-state index contributed by atoms with van der Waals surface area (Å²) in [5.74, 6) is 0.841. The van der Waals surface area contributed by atoms with Gasteiger partial charge in [0.1, 0.15) is 5.75 Å². The Morgan fingerprint density at radius 3 is 2.39 bits per heavy atom. The summed E-state index contributed by atoms with van der Waals surface area (Å²) in [5.41, 5.74) is 2.84. The van der Waals surface area contributed by atoms with Gasteiger partial charge in [-0.15, -0.1) is 0 Å². The molecule has 0 saturated carbocycles. The van der Waals surface area contributed by atoms with Crippen molar-refractivity contribution >= 4 is 33.7 Å². The van der Waals surface area contributed by atoms with Crippen LogP contribution in [0.3, 0.4) is 0 Å². The number of ether oxygens (including phenoxy) is 1. The highest BCUT2D eigenvalue weighted by Crippen LogP contribution is 2.24. The molecular formula is C23H24BrNO3. The summed E-state index contributed by atoms with van der Waals surface area (Å²) >= 11 is 3.53. The van der Waals surface area contributed by atoms with Crippen LogP contribution < -0.4 is 4.74 Å². The predicted octanol–water partition coefficient (Wildman–Crippen LogP) is 4.90. The van der Waals surface area contributed by atoms with Crippen molar-refractivity contribution < 1.29 is 14.3 Å². The van der Waals surface area contributed by atoms with Gasteiger partial charge in [-0.05, 0) is 67.3 Å². The van der Waals surface area contributed by atoms with Crippen molar-refractivity contribution in [2.45, 2.75) is 19.8 Å². The maximum atomic E-state index is 12.7. The lowest BCUT2D eigenvalue weighted by atomic mass is 9.89. The number of rotatable bonds is 5. The molecule has 0 aromatic heterocycles. The number of aryl methyl sites for hydroxylation is 1. The molecule has 3 rings (SSSR count). The molecule has 0 atom stereocenters. The average Bonchev–Trinajstić information content (AvgIpc) is 2.72. The van der Waals surface area contributed by atoms with Gasteiger partial charge in [-0.1, -0.05) is 28.1 Å². The summed E-state index contributed by atoms with van der Waals surface area (Å²) in [6.07, 6.45) is 4.83. The fraction of sp³-hybridized carbons (Fsp3) is 0.304. The quantitative estimate of drug-likeness (QED) is 0.489. The summed E-state index contributed by atoms with van der Waals surface area (Å²) in [6, 6.07) is 13.3. The highest BCUT2D eigenvalue weighted by atomic mass is 79.9. The molecule has 1 heterocycles. The van der Waals surface area contributed by atoms with Gasteiger partial charge in [0.2, 0.25) is 5.91 Å². The molecule has 1 fully saturated rings. The van der Waals surface area contributed by atoms with Crippen LogP contribution in [0, 0.1) is 12.8 Å². The van der Waals surface area contributed by atoms with Crippen molar-refractivity contribution in [2.24, 2.45) is 5.92 Å². The number of benzene rings is 2. The molecule has 1 amide bonds. The van der Waals surface area contributed by atoms with Crippen LogP contribution in [0.15, 0.2) is 53.0 Å². The van der Waals surface area contributed by atoms with E-state index in [4.69, 9.17) is 4.74 Å². The van der Waals surface area contributed by atoms with E-state index in [1.807, 2.05) is 36.1 Å². The van der Waals surface area contributed by atoms with Gasteiger partial charge in [-0.25, -0.2) is 0 Å². The first-order valence-corrected chi connectivity index (χ1v) is 10.2. The molecule has 2 aromatic carbocycles. The normalized spacial score (nSPS) is 15.0. The minimum Gasteiger partial charge on any atom is -0.497 e. The number of methoxy groups -OCH3 is 1. The van der Waals surface area contributed by atoms with E-state index in [9.17, 15) is 9.59 Å². The second kappa shape index (κ2) is 9.20. The Bertz CT molecular complexity index is 881. The number of hydrogen-bond donors (Lipinski definition) is 0. The zero-order valence-electron chi connectivity index (χ0n) is 16.2. The fourth-order valence-electron chi connectivity index (χ4n) is 3.39. The standard InChI is InChI=1S/C23H24BrNO3/c1-16-3-4-17(21(24)15-16)7-10-22(26)25-13-11-19(12-14-25)23(27)18-5-8-20(28-2)9-6-18/h3-10,15,19H,11-14H2,1-2H3. The third-order valence-corrected chi connectivity index (χ3v) is 5.80. The van der Waals surface area contributed by atoms with E-state index in [-0.39, 0.29) is 17.6 Å². The van der Waals surface area contributed by atoms with E-state index in [1.165, 1.54) is 5.56 Å². The molecule has 0 aliphatic carbocycles. The van der Waals surface area contributed by atoms with E-state index in [0.717, 1.165) is 15.8 Å². The van der Waals surface area contributed by atoms with E-state index in [2.05, 4.69) is 15.9 Å². The molecule has 0 radical (unpaired) electrons. The number of carbonyl (C=O) groups excluding carboxylic acids is 2. The molecule has 0 spiro atoms. The SMILES string of the molecule is COc1ccc(C(=O)C2CCN(C(=O)C=Cc3ccc(C)cc3Br)CC2)cc1. The molecule has 146 valence electrons. The lowest BCUT2D eigenvalue weighted by Crippen LogP contribution is -2.39. The average molecular weight is 442 g/mol. The predicted molar refractivity (Wildman–Crippen MR) is 115 cm³/mol. The van der Waals surface area contributed by atoms with E-state index < -0.39 is 0 Å². The third kappa shape index (κ3) is 4.90. The van der Waals surface area contributed by atoms with E-state index in [1.54, 1.807) is 37.5 Å². The molecule has 28 heavy (non-hydrogen) atoms. The number of ketones is 1. The van der Waals surface area contributed by atoms with Crippen LogP contribution in [0.4, 0.5) is 0 Å². The molecule has 2 aromatic rings. The zero-order chi connectivity index (χ0) is 20.1. The second-order valence-corrected chi connectivity index (χ2v) is 7.90. The summed E-state index contributed by atoms with van der Waals surface area (Å²) < 4.78 is 6.11. The second-order valence-electron chi connectivity index (χ2n) is 7.05. The molecular weight excluding hydrogens is 418 g/mol. The molecule has 1 aliphatic rings. The topological polar surface area (TPSA) is 46.6 Å². The van der Waals surface area contributed by atoms with Gasteiger partial charge in [-0.3, -0.25) is 9.59 Å². The number of piperidine rings is 1. The number of hydrogen-bond acceptors (Lipinski definition) is 3.